The zero-order chi connectivity index (χ0) is 15.7. The van der Waals surface area contributed by atoms with Crippen LogP contribution in [0.25, 0.3) is 11.5 Å². The first-order valence-corrected chi connectivity index (χ1v) is 7.97. The minimum absolute atomic E-state index is 0.262. The van der Waals surface area contributed by atoms with E-state index in [1.165, 1.54) is 0 Å². The molecule has 118 valence electrons. The number of amides is 1. The number of likely N-dealkylation sites (tertiary alicyclic amines) is 1. The molecule has 1 atom stereocenters. The van der Waals surface area contributed by atoms with Gasteiger partial charge in [-0.05, 0) is 13.8 Å². The van der Waals surface area contributed by atoms with Crippen LogP contribution >= 0.6 is 0 Å². The molecule has 0 aromatic carbocycles. The lowest BCUT2D eigenvalue weighted by molar-refractivity contribution is -0.127. The van der Waals surface area contributed by atoms with Gasteiger partial charge < -0.3 is 14.5 Å². The number of H-pyrrole nitrogens is 1. The topological polar surface area (TPSA) is 66.8 Å². The molecule has 2 aromatic rings. The van der Waals surface area contributed by atoms with Gasteiger partial charge in [0.2, 0.25) is 5.91 Å². The summed E-state index contributed by atoms with van der Waals surface area (Å²) in [7, 11) is 0. The van der Waals surface area contributed by atoms with E-state index in [4.69, 9.17) is 0 Å². The quantitative estimate of drug-likeness (QED) is 0.918. The number of nitrogens with one attached hydrogen (secondary N) is 1. The van der Waals surface area contributed by atoms with Crippen LogP contribution in [0.15, 0.2) is 12.4 Å². The van der Waals surface area contributed by atoms with Gasteiger partial charge in [-0.3, -0.25) is 4.79 Å². The second kappa shape index (κ2) is 5.94. The van der Waals surface area contributed by atoms with Gasteiger partial charge in [-0.15, -0.1) is 0 Å². The van der Waals surface area contributed by atoms with Gasteiger partial charge in [-0.2, -0.15) is 0 Å². The predicted molar refractivity (Wildman–Crippen MR) is 84.3 cm³/mol. The molecule has 3 heterocycles. The number of hydrogen-bond donors (Lipinski definition) is 1. The molecule has 1 amide bonds. The third kappa shape index (κ3) is 2.65. The highest BCUT2D eigenvalue weighted by Gasteiger charge is 2.29. The lowest BCUT2D eigenvalue weighted by Gasteiger charge is -2.15. The van der Waals surface area contributed by atoms with Crippen LogP contribution in [0, 0.1) is 12.8 Å². The van der Waals surface area contributed by atoms with Crippen LogP contribution in [0.5, 0.6) is 0 Å². The smallest absolute Gasteiger partial charge is 0.222 e. The summed E-state index contributed by atoms with van der Waals surface area (Å²) in [5.74, 6) is 2.48. The summed E-state index contributed by atoms with van der Waals surface area (Å²) in [6.45, 7) is 8.58. The Morgan fingerprint density at radius 3 is 2.86 bits per heavy atom. The van der Waals surface area contributed by atoms with Crippen molar-refractivity contribution >= 4 is 5.91 Å². The van der Waals surface area contributed by atoms with Crippen molar-refractivity contribution in [2.45, 2.75) is 40.2 Å². The standard InChI is InChI=1S/C16H23N5O/c1-4-13-18-11(3)15(19-13)16-17-6-7-21(16)10-12-8-14(22)20(5-2)9-12/h6-7,12H,4-5,8-10H2,1-3H3,(H,18,19)/t12-/m0/s1. The number of aromatic nitrogens is 4. The first-order chi connectivity index (χ1) is 10.6. The Kier molecular flexibility index (Phi) is 4.00. The summed E-state index contributed by atoms with van der Waals surface area (Å²) in [5, 5.41) is 0. The number of aromatic amines is 1. The van der Waals surface area contributed by atoms with E-state index < -0.39 is 0 Å². The number of nitrogens with zero attached hydrogens (tertiary/aromatic N) is 4. The fraction of sp³-hybridized carbons (Fsp3) is 0.562. The van der Waals surface area contributed by atoms with Crippen molar-refractivity contribution in [1.82, 2.24) is 24.4 Å². The van der Waals surface area contributed by atoms with E-state index in [0.29, 0.717) is 12.3 Å². The summed E-state index contributed by atoms with van der Waals surface area (Å²) >= 11 is 0. The van der Waals surface area contributed by atoms with Crippen molar-refractivity contribution in [3.05, 3.63) is 23.9 Å². The fourth-order valence-corrected chi connectivity index (χ4v) is 3.14. The molecule has 1 aliphatic rings. The molecule has 0 radical (unpaired) electrons. The van der Waals surface area contributed by atoms with Crippen LogP contribution in [0.4, 0.5) is 0 Å². The van der Waals surface area contributed by atoms with Crippen LogP contribution in [0.3, 0.4) is 0 Å². The van der Waals surface area contributed by atoms with E-state index in [1.54, 1.807) is 0 Å². The molecule has 6 heteroatoms. The Balaban J connectivity index is 1.81. The molecule has 0 spiro atoms. The molecule has 22 heavy (non-hydrogen) atoms. The zero-order valence-corrected chi connectivity index (χ0v) is 13.5. The maximum absolute atomic E-state index is 11.9. The van der Waals surface area contributed by atoms with Crippen molar-refractivity contribution in [3.63, 3.8) is 0 Å². The van der Waals surface area contributed by atoms with E-state index in [-0.39, 0.29) is 5.91 Å². The molecule has 0 aliphatic carbocycles. The first kappa shape index (κ1) is 14.8. The summed E-state index contributed by atoms with van der Waals surface area (Å²) in [5.41, 5.74) is 1.96. The van der Waals surface area contributed by atoms with Crippen molar-refractivity contribution in [3.8, 4) is 11.5 Å². The maximum Gasteiger partial charge on any atom is 0.222 e. The van der Waals surface area contributed by atoms with Gasteiger partial charge >= 0.3 is 0 Å². The molecule has 1 N–H and O–H groups in total. The monoisotopic (exact) mass is 301 g/mol. The molecule has 0 unspecified atom stereocenters. The average molecular weight is 301 g/mol. The van der Waals surface area contributed by atoms with Gasteiger partial charge in [-0.1, -0.05) is 6.92 Å². The van der Waals surface area contributed by atoms with Crippen LogP contribution in [0.2, 0.25) is 0 Å². The Morgan fingerprint density at radius 1 is 1.41 bits per heavy atom. The van der Waals surface area contributed by atoms with Gasteiger partial charge in [0.15, 0.2) is 5.82 Å². The molecular weight excluding hydrogens is 278 g/mol. The molecule has 0 saturated carbocycles. The Bertz CT molecular complexity index is 672. The highest BCUT2D eigenvalue weighted by molar-refractivity contribution is 5.78. The average Bonchev–Trinajstić information content (AvgIpc) is 3.18. The molecule has 1 fully saturated rings. The largest absolute Gasteiger partial charge is 0.345 e. The molecule has 0 bridgehead atoms. The Labute approximate surface area is 130 Å². The van der Waals surface area contributed by atoms with Crippen molar-refractivity contribution < 1.29 is 4.79 Å². The first-order valence-electron chi connectivity index (χ1n) is 7.97. The molecule has 6 nitrogen and oxygen atoms in total. The van der Waals surface area contributed by atoms with E-state index in [1.807, 2.05) is 31.1 Å². The number of imidazole rings is 2. The third-order valence-corrected chi connectivity index (χ3v) is 4.33. The van der Waals surface area contributed by atoms with E-state index >= 15 is 0 Å². The minimum atomic E-state index is 0.262. The fourth-order valence-electron chi connectivity index (χ4n) is 3.14. The van der Waals surface area contributed by atoms with Crippen LogP contribution in [-0.2, 0) is 17.8 Å². The van der Waals surface area contributed by atoms with E-state index in [2.05, 4.69) is 26.4 Å². The van der Waals surface area contributed by atoms with E-state index in [9.17, 15) is 4.79 Å². The number of hydrogen-bond acceptors (Lipinski definition) is 3. The van der Waals surface area contributed by atoms with Crippen LogP contribution < -0.4 is 0 Å². The lowest BCUT2D eigenvalue weighted by Crippen LogP contribution is -2.25. The van der Waals surface area contributed by atoms with Gasteiger partial charge in [0.1, 0.15) is 11.5 Å². The second-order valence-electron chi connectivity index (χ2n) is 5.92. The SMILES string of the molecule is CCc1nc(-c2nccn2C[C@H]2CC(=O)N(CC)C2)c(C)[nH]1. The second-order valence-corrected chi connectivity index (χ2v) is 5.92. The maximum atomic E-state index is 11.9. The lowest BCUT2D eigenvalue weighted by atomic mass is 10.1. The highest BCUT2D eigenvalue weighted by Crippen LogP contribution is 2.24. The number of carbonyl (C=O) groups excluding carboxylic acids is 1. The number of rotatable bonds is 5. The van der Waals surface area contributed by atoms with Crippen LogP contribution in [-0.4, -0.2) is 43.4 Å². The van der Waals surface area contributed by atoms with Gasteiger partial charge in [0.05, 0.1) is 0 Å². The molecule has 1 aliphatic heterocycles. The summed E-state index contributed by atoms with van der Waals surface area (Å²) in [6, 6.07) is 0. The van der Waals surface area contributed by atoms with Crippen molar-refractivity contribution in [2.75, 3.05) is 13.1 Å². The van der Waals surface area contributed by atoms with Gasteiger partial charge in [-0.25, -0.2) is 9.97 Å². The zero-order valence-electron chi connectivity index (χ0n) is 13.5. The van der Waals surface area contributed by atoms with Crippen LogP contribution in [0.1, 0.15) is 31.8 Å². The van der Waals surface area contributed by atoms with Gasteiger partial charge in [0, 0.05) is 56.5 Å². The molecule has 1 saturated heterocycles. The number of aryl methyl sites for hydroxylation is 2. The Morgan fingerprint density at radius 2 is 2.23 bits per heavy atom. The third-order valence-electron chi connectivity index (χ3n) is 4.33. The van der Waals surface area contributed by atoms with Crippen molar-refractivity contribution in [1.29, 1.82) is 0 Å². The normalized spacial score (nSPS) is 18.4. The molecular formula is C16H23N5O. The van der Waals surface area contributed by atoms with Crippen molar-refractivity contribution in [2.24, 2.45) is 5.92 Å². The Hall–Kier alpha value is -2.11. The highest BCUT2D eigenvalue weighted by atomic mass is 16.2. The van der Waals surface area contributed by atoms with E-state index in [0.717, 1.165) is 49.1 Å². The molecule has 2 aromatic heterocycles. The summed E-state index contributed by atoms with van der Waals surface area (Å²) < 4.78 is 2.12. The predicted octanol–water partition coefficient (Wildman–Crippen LogP) is 2.01. The molecule has 3 rings (SSSR count). The number of carbonyl (C=O) groups is 1. The minimum Gasteiger partial charge on any atom is -0.345 e. The summed E-state index contributed by atoms with van der Waals surface area (Å²) in [6.07, 6.45) is 5.30. The van der Waals surface area contributed by atoms with Gasteiger partial charge in [0.25, 0.3) is 0 Å². The summed E-state index contributed by atoms with van der Waals surface area (Å²) in [4.78, 5) is 26.2.